The summed E-state index contributed by atoms with van der Waals surface area (Å²) in [6.07, 6.45) is 17.1. The molecule has 5 heteroatoms. The van der Waals surface area contributed by atoms with Crippen molar-refractivity contribution in [2.75, 3.05) is 20.2 Å². The van der Waals surface area contributed by atoms with Crippen molar-refractivity contribution < 1.29 is 14.3 Å². The Kier molecular flexibility index (Phi) is 17.7. The number of ether oxygens (including phenoxy) is 1. The van der Waals surface area contributed by atoms with E-state index >= 15 is 0 Å². The van der Waals surface area contributed by atoms with E-state index in [-0.39, 0.29) is 12.0 Å². The summed E-state index contributed by atoms with van der Waals surface area (Å²) in [6.45, 7) is 3.67. The highest BCUT2D eigenvalue weighted by atomic mass is 16.5. The number of hydrogen-bond acceptors (Lipinski definition) is 3. The molecule has 0 fully saturated rings. The third-order valence-electron chi connectivity index (χ3n) is 4.05. The number of amides is 2. The summed E-state index contributed by atoms with van der Waals surface area (Å²) in [7, 11) is 1.44. The number of methoxy groups -OCH3 is 1. The Morgan fingerprint density at radius 3 is 1.96 bits per heavy atom. The summed E-state index contributed by atoms with van der Waals surface area (Å²) in [5.41, 5.74) is 0. The SMILES string of the molecule is CCCCCNC(=O)NCCCCC=CCCCCCCC(=O)OC. The number of carbonyl (C=O) groups excluding carboxylic acids is 2. The Hall–Kier alpha value is -1.52. The van der Waals surface area contributed by atoms with Crippen LogP contribution in [0.2, 0.25) is 0 Å². The third kappa shape index (κ3) is 18.7. The van der Waals surface area contributed by atoms with Gasteiger partial charge in [-0.1, -0.05) is 44.8 Å². The van der Waals surface area contributed by atoms with Crippen LogP contribution in [0, 0.1) is 0 Å². The van der Waals surface area contributed by atoms with Gasteiger partial charge < -0.3 is 15.4 Å². The van der Waals surface area contributed by atoms with Gasteiger partial charge in [-0.2, -0.15) is 0 Å². The van der Waals surface area contributed by atoms with E-state index in [2.05, 4.69) is 34.4 Å². The van der Waals surface area contributed by atoms with Crippen molar-refractivity contribution >= 4 is 12.0 Å². The van der Waals surface area contributed by atoms with Crippen LogP contribution in [0.5, 0.6) is 0 Å². The summed E-state index contributed by atoms with van der Waals surface area (Å²) in [5.74, 6) is -0.108. The van der Waals surface area contributed by atoms with Crippen LogP contribution in [0.3, 0.4) is 0 Å². The molecule has 0 rings (SSSR count). The number of carbonyl (C=O) groups is 2. The van der Waals surface area contributed by atoms with E-state index in [0.29, 0.717) is 6.42 Å². The average Bonchev–Trinajstić information content (AvgIpc) is 2.62. The van der Waals surface area contributed by atoms with Gasteiger partial charge in [0, 0.05) is 19.5 Å². The van der Waals surface area contributed by atoms with Crippen LogP contribution in [0.15, 0.2) is 12.2 Å². The predicted molar refractivity (Wildman–Crippen MR) is 104 cm³/mol. The molecule has 0 radical (unpaired) electrons. The Balaban J connectivity index is 3.25. The number of hydrogen-bond donors (Lipinski definition) is 2. The largest absolute Gasteiger partial charge is 0.469 e. The summed E-state index contributed by atoms with van der Waals surface area (Å²) in [4.78, 5) is 22.4. The van der Waals surface area contributed by atoms with Crippen molar-refractivity contribution in [3.05, 3.63) is 12.2 Å². The molecule has 2 amide bonds. The highest BCUT2D eigenvalue weighted by molar-refractivity contribution is 5.73. The molecule has 0 aliphatic heterocycles. The standard InChI is InChI=1S/C20H38N2O3/c1-3-4-14-17-21-20(24)22-18-15-12-10-8-6-5-7-9-11-13-16-19(23)25-2/h6,8H,3-5,7,9-18H2,1-2H3,(H2,21,22,24). The lowest BCUT2D eigenvalue weighted by Crippen LogP contribution is -2.36. The molecule has 0 atom stereocenters. The predicted octanol–water partition coefficient (Wildman–Crippen LogP) is 4.72. The molecule has 2 N–H and O–H groups in total. The van der Waals surface area contributed by atoms with Crippen LogP contribution in [0.25, 0.3) is 0 Å². The maximum atomic E-state index is 11.5. The van der Waals surface area contributed by atoms with E-state index in [1.165, 1.54) is 32.8 Å². The Labute approximate surface area is 154 Å². The molecule has 25 heavy (non-hydrogen) atoms. The summed E-state index contributed by atoms with van der Waals surface area (Å²) < 4.78 is 4.61. The van der Waals surface area contributed by atoms with Crippen LogP contribution < -0.4 is 10.6 Å². The molecular weight excluding hydrogens is 316 g/mol. The minimum Gasteiger partial charge on any atom is -0.469 e. The summed E-state index contributed by atoms with van der Waals surface area (Å²) in [6, 6.07) is -0.0427. The zero-order chi connectivity index (χ0) is 18.6. The molecule has 0 aliphatic rings. The molecule has 0 unspecified atom stereocenters. The van der Waals surface area contributed by atoms with Crippen LogP contribution in [0.1, 0.15) is 84.0 Å². The summed E-state index contributed by atoms with van der Waals surface area (Å²) >= 11 is 0. The van der Waals surface area contributed by atoms with Crippen molar-refractivity contribution in [1.29, 1.82) is 0 Å². The van der Waals surface area contributed by atoms with E-state index in [1.54, 1.807) is 0 Å². The first-order valence-electron chi connectivity index (χ1n) is 9.94. The minimum absolute atomic E-state index is 0.0427. The number of nitrogens with one attached hydrogen (secondary N) is 2. The van der Waals surface area contributed by atoms with Crippen LogP contribution in [-0.2, 0) is 9.53 Å². The molecule has 0 spiro atoms. The van der Waals surface area contributed by atoms with Gasteiger partial charge in [0.25, 0.3) is 0 Å². The number of unbranched alkanes of at least 4 members (excludes halogenated alkanes) is 8. The normalized spacial score (nSPS) is 10.8. The molecule has 0 heterocycles. The maximum Gasteiger partial charge on any atom is 0.314 e. The van der Waals surface area contributed by atoms with Gasteiger partial charge >= 0.3 is 12.0 Å². The van der Waals surface area contributed by atoms with E-state index in [9.17, 15) is 9.59 Å². The number of esters is 1. The van der Waals surface area contributed by atoms with Crippen LogP contribution in [0.4, 0.5) is 4.79 Å². The van der Waals surface area contributed by atoms with Crippen molar-refractivity contribution in [2.24, 2.45) is 0 Å². The van der Waals surface area contributed by atoms with Gasteiger partial charge in [-0.15, -0.1) is 0 Å². The minimum atomic E-state index is -0.108. The third-order valence-corrected chi connectivity index (χ3v) is 4.05. The van der Waals surface area contributed by atoms with Crippen LogP contribution in [-0.4, -0.2) is 32.2 Å². The number of allylic oxidation sites excluding steroid dienone is 2. The Bertz CT molecular complexity index is 357. The second-order valence-electron chi connectivity index (χ2n) is 6.39. The smallest absolute Gasteiger partial charge is 0.314 e. The van der Waals surface area contributed by atoms with Crippen molar-refractivity contribution in [3.8, 4) is 0 Å². The van der Waals surface area contributed by atoms with Crippen LogP contribution >= 0.6 is 0 Å². The first kappa shape index (κ1) is 23.5. The van der Waals surface area contributed by atoms with Crippen molar-refractivity contribution in [2.45, 2.75) is 84.0 Å². The monoisotopic (exact) mass is 354 g/mol. The molecule has 0 saturated carbocycles. The Morgan fingerprint density at radius 1 is 0.800 bits per heavy atom. The topological polar surface area (TPSA) is 67.4 Å². The molecule has 5 nitrogen and oxygen atoms in total. The fourth-order valence-corrected chi connectivity index (χ4v) is 2.45. The quantitative estimate of drug-likeness (QED) is 0.239. The maximum absolute atomic E-state index is 11.5. The Morgan fingerprint density at radius 2 is 1.36 bits per heavy atom. The fraction of sp³-hybridized carbons (Fsp3) is 0.800. The lowest BCUT2D eigenvalue weighted by Gasteiger charge is -2.06. The van der Waals surface area contributed by atoms with E-state index in [0.717, 1.165) is 58.0 Å². The zero-order valence-corrected chi connectivity index (χ0v) is 16.3. The first-order valence-corrected chi connectivity index (χ1v) is 9.94. The van der Waals surface area contributed by atoms with E-state index in [1.807, 2.05) is 0 Å². The van der Waals surface area contributed by atoms with E-state index < -0.39 is 0 Å². The molecule has 0 saturated heterocycles. The number of rotatable bonds is 16. The molecule has 0 bridgehead atoms. The molecule has 0 aromatic heterocycles. The van der Waals surface area contributed by atoms with Gasteiger partial charge in [-0.25, -0.2) is 4.79 Å². The lowest BCUT2D eigenvalue weighted by molar-refractivity contribution is -0.140. The lowest BCUT2D eigenvalue weighted by atomic mass is 10.1. The molecule has 0 aromatic carbocycles. The molecular formula is C20H38N2O3. The van der Waals surface area contributed by atoms with Gasteiger partial charge in [0.1, 0.15) is 0 Å². The van der Waals surface area contributed by atoms with Gasteiger partial charge in [-0.3, -0.25) is 4.79 Å². The molecule has 0 aliphatic carbocycles. The van der Waals surface area contributed by atoms with Gasteiger partial charge in [0.2, 0.25) is 0 Å². The zero-order valence-electron chi connectivity index (χ0n) is 16.3. The van der Waals surface area contributed by atoms with Crippen molar-refractivity contribution in [1.82, 2.24) is 10.6 Å². The van der Waals surface area contributed by atoms with Gasteiger partial charge in [0.05, 0.1) is 7.11 Å². The average molecular weight is 355 g/mol. The second kappa shape index (κ2) is 18.8. The second-order valence-corrected chi connectivity index (χ2v) is 6.39. The highest BCUT2D eigenvalue weighted by Gasteiger charge is 1.99. The highest BCUT2D eigenvalue weighted by Crippen LogP contribution is 2.07. The van der Waals surface area contributed by atoms with Gasteiger partial charge in [-0.05, 0) is 44.9 Å². The fourth-order valence-electron chi connectivity index (χ4n) is 2.45. The first-order chi connectivity index (χ1) is 12.2. The molecule has 146 valence electrons. The number of urea groups is 1. The summed E-state index contributed by atoms with van der Waals surface area (Å²) in [5, 5.41) is 5.77. The van der Waals surface area contributed by atoms with Gasteiger partial charge in [0.15, 0.2) is 0 Å². The van der Waals surface area contributed by atoms with E-state index in [4.69, 9.17) is 0 Å². The molecule has 0 aromatic rings. The van der Waals surface area contributed by atoms with Crippen molar-refractivity contribution in [3.63, 3.8) is 0 Å².